The van der Waals surface area contributed by atoms with Gasteiger partial charge in [-0.3, -0.25) is 0 Å². The Kier molecular flexibility index (Phi) is 6.54. The molecule has 1 aromatic carbocycles. The van der Waals surface area contributed by atoms with Crippen molar-refractivity contribution in [2.75, 3.05) is 18.4 Å². The van der Waals surface area contributed by atoms with Gasteiger partial charge >= 0.3 is 12.2 Å². The Morgan fingerprint density at radius 2 is 1.64 bits per heavy atom. The minimum Gasteiger partial charge on any atom is -0.324 e. The van der Waals surface area contributed by atoms with Gasteiger partial charge in [-0.1, -0.05) is 0 Å². The lowest BCUT2D eigenvalue weighted by atomic mass is 10.1. The molecule has 0 bridgehead atoms. The SMILES string of the molecule is CC(C)S(=O)(=O)NC1CCN(C(=O)Nc2cc(F)c(C(F)(F)F)c(F)c2)CC1. The minimum atomic E-state index is -5.19. The molecule has 0 aromatic heterocycles. The zero-order valence-electron chi connectivity index (χ0n) is 15.1. The molecule has 0 saturated carbocycles. The zero-order valence-corrected chi connectivity index (χ0v) is 15.9. The summed E-state index contributed by atoms with van der Waals surface area (Å²) >= 11 is 0. The van der Waals surface area contributed by atoms with Crippen LogP contribution in [0.4, 0.5) is 32.4 Å². The van der Waals surface area contributed by atoms with Crippen LogP contribution in [0, 0.1) is 11.6 Å². The Bertz CT molecular complexity index is 811. The van der Waals surface area contributed by atoms with Crippen LogP contribution in [-0.2, 0) is 16.2 Å². The van der Waals surface area contributed by atoms with E-state index in [4.69, 9.17) is 0 Å². The first-order chi connectivity index (χ1) is 12.8. The van der Waals surface area contributed by atoms with E-state index in [-0.39, 0.29) is 19.1 Å². The molecule has 1 heterocycles. The highest BCUT2D eigenvalue weighted by atomic mass is 32.2. The molecule has 1 aliphatic rings. The fourth-order valence-corrected chi connectivity index (χ4v) is 3.66. The number of piperidine rings is 1. The van der Waals surface area contributed by atoms with Gasteiger partial charge in [0, 0.05) is 24.8 Å². The van der Waals surface area contributed by atoms with E-state index < -0.39 is 50.4 Å². The van der Waals surface area contributed by atoms with Crippen molar-refractivity contribution >= 4 is 21.7 Å². The smallest absolute Gasteiger partial charge is 0.324 e. The van der Waals surface area contributed by atoms with E-state index in [1.54, 1.807) is 0 Å². The van der Waals surface area contributed by atoms with Gasteiger partial charge in [0.2, 0.25) is 10.0 Å². The van der Waals surface area contributed by atoms with Gasteiger partial charge in [0.1, 0.15) is 17.2 Å². The third-order valence-electron chi connectivity index (χ3n) is 4.31. The zero-order chi connectivity index (χ0) is 21.3. The molecular formula is C16H20F5N3O3S. The molecule has 0 atom stereocenters. The van der Waals surface area contributed by atoms with Crippen LogP contribution < -0.4 is 10.0 Å². The number of alkyl halides is 3. The minimum absolute atomic E-state index is 0.169. The van der Waals surface area contributed by atoms with Crippen molar-refractivity contribution in [1.82, 2.24) is 9.62 Å². The number of carbonyl (C=O) groups is 1. The van der Waals surface area contributed by atoms with Crippen molar-refractivity contribution in [1.29, 1.82) is 0 Å². The van der Waals surface area contributed by atoms with Gasteiger partial charge in [0.05, 0.1) is 5.25 Å². The number of halogens is 5. The monoisotopic (exact) mass is 429 g/mol. The van der Waals surface area contributed by atoms with E-state index in [1.165, 1.54) is 18.7 Å². The first-order valence-electron chi connectivity index (χ1n) is 8.44. The lowest BCUT2D eigenvalue weighted by molar-refractivity contribution is -0.142. The van der Waals surface area contributed by atoms with E-state index in [9.17, 15) is 35.2 Å². The van der Waals surface area contributed by atoms with Crippen LogP contribution >= 0.6 is 0 Å². The molecule has 2 amide bonds. The average molecular weight is 429 g/mol. The van der Waals surface area contributed by atoms with Crippen molar-refractivity contribution in [2.45, 2.75) is 44.2 Å². The molecule has 28 heavy (non-hydrogen) atoms. The molecule has 1 saturated heterocycles. The highest BCUT2D eigenvalue weighted by Gasteiger charge is 2.38. The summed E-state index contributed by atoms with van der Waals surface area (Å²) in [7, 11) is -3.45. The molecule has 1 fully saturated rings. The van der Waals surface area contributed by atoms with Crippen LogP contribution in [0.25, 0.3) is 0 Å². The molecular weight excluding hydrogens is 409 g/mol. The largest absolute Gasteiger partial charge is 0.422 e. The second-order valence-electron chi connectivity index (χ2n) is 6.72. The van der Waals surface area contributed by atoms with E-state index in [1.807, 2.05) is 0 Å². The number of nitrogens with one attached hydrogen (secondary N) is 2. The summed E-state index contributed by atoms with van der Waals surface area (Å²) in [6.07, 6.45) is -4.54. The van der Waals surface area contributed by atoms with Crippen molar-refractivity contribution < 1.29 is 35.2 Å². The molecule has 6 nitrogen and oxygen atoms in total. The van der Waals surface area contributed by atoms with Crippen LogP contribution in [-0.4, -0.2) is 43.7 Å². The number of sulfonamides is 1. The van der Waals surface area contributed by atoms with Gasteiger partial charge in [-0.25, -0.2) is 26.7 Å². The number of rotatable bonds is 4. The van der Waals surface area contributed by atoms with Crippen LogP contribution in [0.3, 0.4) is 0 Å². The molecule has 12 heteroatoms. The fraction of sp³-hybridized carbons (Fsp3) is 0.562. The number of urea groups is 1. The van der Waals surface area contributed by atoms with Gasteiger partial charge in [-0.05, 0) is 38.8 Å². The summed E-state index contributed by atoms with van der Waals surface area (Å²) < 4.78 is 91.2. The average Bonchev–Trinajstić information content (AvgIpc) is 2.52. The predicted molar refractivity (Wildman–Crippen MR) is 92.2 cm³/mol. The number of amides is 2. The first-order valence-corrected chi connectivity index (χ1v) is 9.99. The molecule has 0 spiro atoms. The number of nitrogens with zero attached hydrogens (tertiary/aromatic N) is 1. The summed E-state index contributed by atoms with van der Waals surface area (Å²) in [5, 5.41) is 1.56. The Balaban J connectivity index is 1.98. The van der Waals surface area contributed by atoms with Crippen LogP contribution in [0.1, 0.15) is 32.3 Å². The standard InChI is InChI=1S/C16H20F5N3O3S/c1-9(2)28(26,27)23-10-3-5-24(6-4-10)15(25)22-11-7-12(17)14(13(18)8-11)16(19,20)21/h7-10,23H,3-6H2,1-2H3,(H,22,25). The van der Waals surface area contributed by atoms with E-state index in [2.05, 4.69) is 10.0 Å². The maximum atomic E-state index is 13.6. The maximum absolute atomic E-state index is 13.6. The predicted octanol–water partition coefficient (Wildman–Crippen LogP) is 3.31. The van der Waals surface area contributed by atoms with Crippen molar-refractivity contribution in [3.05, 3.63) is 29.3 Å². The summed E-state index contributed by atoms with van der Waals surface area (Å²) in [4.78, 5) is 13.5. The highest BCUT2D eigenvalue weighted by Crippen LogP contribution is 2.34. The molecule has 1 aromatic rings. The lowest BCUT2D eigenvalue weighted by Crippen LogP contribution is -2.48. The van der Waals surface area contributed by atoms with Gasteiger partial charge in [-0.2, -0.15) is 13.2 Å². The summed E-state index contributed by atoms with van der Waals surface area (Å²) in [6.45, 7) is 3.41. The molecule has 0 aliphatic carbocycles. The number of carbonyl (C=O) groups excluding carboxylic acids is 1. The Morgan fingerprint density at radius 3 is 2.07 bits per heavy atom. The van der Waals surface area contributed by atoms with Gasteiger partial charge in [0.15, 0.2) is 0 Å². The fourth-order valence-electron chi connectivity index (χ4n) is 2.69. The first kappa shape index (κ1) is 22.3. The highest BCUT2D eigenvalue weighted by molar-refractivity contribution is 7.90. The summed E-state index contributed by atoms with van der Waals surface area (Å²) in [5.74, 6) is -3.66. The molecule has 0 unspecified atom stereocenters. The molecule has 0 radical (unpaired) electrons. The number of benzene rings is 1. The third kappa shape index (κ3) is 5.31. The van der Waals surface area contributed by atoms with E-state index in [0.717, 1.165) is 0 Å². The summed E-state index contributed by atoms with van der Waals surface area (Å²) in [6, 6.07) is -0.304. The van der Waals surface area contributed by atoms with Crippen LogP contribution in [0.15, 0.2) is 12.1 Å². The quantitative estimate of drug-likeness (QED) is 0.721. The molecule has 158 valence electrons. The number of hydrogen-bond donors (Lipinski definition) is 2. The number of likely N-dealkylation sites (tertiary alicyclic amines) is 1. The normalized spacial score (nSPS) is 16.5. The second kappa shape index (κ2) is 8.19. The van der Waals surface area contributed by atoms with E-state index in [0.29, 0.717) is 25.0 Å². The maximum Gasteiger partial charge on any atom is 0.422 e. The van der Waals surface area contributed by atoms with Crippen LogP contribution in [0.2, 0.25) is 0 Å². The van der Waals surface area contributed by atoms with E-state index >= 15 is 0 Å². The lowest BCUT2D eigenvalue weighted by Gasteiger charge is -2.32. The number of anilines is 1. The van der Waals surface area contributed by atoms with Crippen molar-refractivity contribution in [3.8, 4) is 0 Å². The van der Waals surface area contributed by atoms with Crippen molar-refractivity contribution in [3.63, 3.8) is 0 Å². The molecule has 1 aliphatic heterocycles. The third-order valence-corrected chi connectivity index (χ3v) is 6.21. The summed E-state index contributed by atoms with van der Waals surface area (Å²) in [5.41, 5.74) is -2.47. The van der Waals surface area contributed by atoms with Gasteiger partial charge < -0.3 is 10.2 Å². The Hall–Kier alpha value is -1.95. The molecule has 2 rings (SSSR count). The Morgan fingerprint density at radius 1 is 1.14 bits per heavy atom. The number of hydrogen-bond acceptors (Lipinski definition) is 3. The topological polar surface area (TPSA) is 78.5 Å². The molecule has 2 N–H and O–H groups in total. The van der Waals surface area contributed by atoms with Crippen molar-refractivity contribution in [2.24, 2.45) is 0 Å². The van der Waals surface area contributed by atoms with Crippen LogP contribution in [0.5, 0.6) is 0 Å². The van der Waals surface area contributed by atoms with Gasteiger partial charge in [-0.15, -0.1) is 0 Å². The second-order valence-corrected chi connectivity index (χ2v) is 8.98. The Labute approximate surface area is 159 Å². The van der Waals surface area contributed by atoms with Gasteiger partial charge in [0.25, 0.3) is 0 Å².